The summed E-state index contributed by atoms with van der Waals surface area (Å²) >= 11 is 0. The first-order valence-corrected chi connectivity index (χ1v) is 14.4. The second kappa shape index (κ2) is 13.6. The molecule has 3 aromatic rings. The van der Waals surface area contributed by atoms with E-state index in [9.17, 15) is 39.6 Å². The Morgan fingerprint density at radius 2 is 1.31 bits per heavy atom. The zero-order chi connectivity index (χ0) is 32.1. The number of nitrogens with zero attached hydrogens (tertiary/aromatic N) is 3. The maximum Gasteiger partial charge on any atom is 0.436 e. The molecule has 3 atom stereocenters. The number of carbonyl (C=O) groups is 4. The highest BCUT2D eigenvalue weighted by Crippen LogP contribution is 2.31. The molecule has 0 radical (unpaired) electrons. The molecule has 2 saturated heterocycles. The van der Waals surface area contributed by atoms with Crippen molar-refractivity contribution in [2.75, 3.05) is 19.7 Å². The fourth-order valence-electron chi connectivity index (χ4n) is 5.42. The van der Waals surface area contributed by atoms with Crippen LogP contribution in [0.15, 0.2) is 72.8 Å². The van der Waals surface area contributed by atoms with Crippen molar-refractivity contribution in [1.29, 1.82) is 0 Å². The molecular weight excluding hydrogens is 586 g/mol. The van der Waals surface area contributed by atoms with Crippen molar-refractivity contribution in [2.24, 2.45) is 0 Å². The monoisotopic (exact) mass is 619 g/mol. The molecular formula is C32H33N3O10. The molecule has 0 bridgehead atoms. The van der Waals surface area contributed by atoms with Gasteiger partial charge in [0.1, 0.15) is 23.3 Å². The van der Waals surface area contributed by atoms with Crippen LogP contribution in [0.5, 0.6) is 17.2 Å². The number of piperazine rings is 1. The van der Waals surface area contributed by atoms with E-state index >= 15 is 0 Å². The van der Waals surface area contributed by atoms with Crippen LogP contribution < -0.4 is 0 Å². The van der Waals surface area contributed by atoms with E-state index in [-0.39, 0.29) is 43.4 Å². The Kier molecular flexibility index (Phi) is 9.38. The number of carboxylic acid groups (broad SMARTS) is 1. The van der Waals surface area contributed by atoms with E-state index in [0.717, 1.165) is 21.1 Å². The summed E-state index contributed by atoms with van der Waals surface area (Å²) in [6.45, 7) is -0.0640. The maximum absolute atomic E-state index is 13.8. The highest BCUT2D eigenvalue weighted by Gasteiger charge is 2.53. The number of hydroxylamine groups is 2. The minimum atomic E-state index is -1.41. The summed E-state index contributed by atoms with van der Waals surface area (Å²) in [4.78, 5) is 61.4. The molecule has 13 heteroatoms. The number of phenols is 3. The van der Waals surface area contributed by atoms with E-state index in [1.807, 2.05) is 0 Å². The minimum Gasteiger partial charge on any atom is -0.508 e. The van der Waals surface area contributed by atoms with Gasteiger partial charge in [0.25, 0.3) is 5.91 Å². The molecule has 2 fully saturated rings. The number of aliphatic carboxylic acids is 1. The molecule has 2 aliphatic rings. The van der Waals surface area contributed by atoms with Gasteiger partial charge in [0.05, 0.1) is 19.6 Å². The fourth-order valence-corrected chi connectivity index (χ4v) is 5.42. The molecule has 3 amide bonds. The van der Waals surface area contributed by atoms with Crippen LogP contribution in [0.2, 0.25) is 0 Å². The summed E-state index contributed by atoms with van der Waals surface area (Å²) in [6.07, 6.45) is -3.41. The molecule has 5 rings (SSSR count). The van der Waals surface area contributed by atoms with E-state index in [2.05, 4.69) is 0 Å². The molecule has 236 valence electrons. The molecule has 0 saturated carbocycles. The first-order chi connectivity index (χ1) is 21.6. The number of amides is 3. The predicted octanol–water partition coefficient (Wildman–Crippen LogP) is 2.42. The lowest BCUT2D eigenvalue weighted by atomic mass is 10.00. The van der Waals surface area contributed by atoms with Crippen LogP contribution in [0.1, 0.15) is 23.1 Å². The third-order valence-corrected chi connectivity index (χ3v) is 7.74. The van der Waals surface area contributed by atoms with E-state index in [4.69, 9.17) is 9.57 Å². The Morgan fingerprint density at radius 3 is 1.87 bits per heavy atom. The van der Waals surface area contributed by atoms with Gasteiger partial charge in [-0.15, -0.1) is 0 Å². The lowest BCUT2D eigenvalue weighted by Gasteiger charge is -2.52. The Balaban J connectivity index is 1.40. The molecule has 3 aromatic carbocycles. The summed E-state index contributed by atoms with van der Waals surface area (Å²) < 4.78 is 5.52. The van der Waals surface area contributed by atoms with Crippen molar-refractivity contribution in [2.45, 2.75) is 44.0 Å². The van der Waals surface area contributed by atoms with Crippen LogP contribution in [0.25, 0.3) is 0 Å². The van der Waals surface area contributed by atoms with Crippen molar-refractivity contribution < 1.29 is 49.2 Å². The number of ether oxygens (including phenoxy) is 1. The van der Waals surface area contributed by atoms with Gasteiger partial charge in [0.15, 0.2) is 12.3 Å². The Labute approximate surface area is 258 Å². The molecule has 2 aliphatic heterocycles. The SMILES string of the molecule is O=C(O)C[C@H]1C(=O)N(CCc2ccc(O)cc2)CC2N(C(=O)OCCc3ccc(O)cc3)O[C@H](Cc3ccc(O)cc3)C(=O)N21. The summed E-state index contributed by atoms with van der Waals surface area (Å²) in [5.74, 6) is -2.33. The first kappa shape index (κ1) is 31.1. The standard InChI is InChI=1S/C32H33N3O10/c36-23-7-1-20(2-8-23)13-15-33-19-28-34(26(30(33)41)18-29(39)40)31(42)27(17-22-5-11-25(38)12-6-22)45-35(28)32(43)44-16-14-21-3-9-24(37)10-4-21/h1-12,26-28,36-38H,13-19H2,(H,39,40)/t26-,27+,28?/m0/s1. The second-order valence-corrected chi connectivity index (χ2v) is 10.9. The first-order valence-electron chi connectivity index (χ1n) is 14.4. The quantitative estimate of drug-likeness (QED) is 0.264. The average molecular weight is 620 g/mol. The van der Waals surface area contributed by atoms with Crippen molar-refractivity contribution in [3.8, 4) is 17.2 Å². The molecule has 4 N–H and O–H groups in total. The van der Waals surface area contributed by atoms with Crippen LogP contribution in [-0.2, 0) is 43.2 Å². The minimum absolute atomic E-state index is 0.0177. The van der Waals surface area contributed by atoms with Gasteiger partial charge in [0.2, 0.25) is 5.91 Å². The summed E-state index contributed by atoms with van der Waals surface area (Å²) in [5.41, 5.74) is 2.21. The van der Waals surface area contributed by atoms with Gasteiger partial charge in [-0.3, -0.25) is 19.2 Å². The Morgan fingerprint density at radius 1 is 0.778 bits per heavy atom. The smallest absolute Gasteiger partial charge is 0.436 e. The molecule has 1 unspecified atom stereocenters. The van der Waals surface area contributed by atoms with Crippen LogP contribution in [0.4, 0.5) is 4.79 Å². The van der Waals surface area contributed by atoms with Gasteiger partial charge in [-0.05, 0) is 59.5 Å². The molecule has 0 spiro atoms. The largest absolute Gasteiger partial charge is 0.508 e. The molecule has 0 aliphatic carbocycles. The zero-order valence-corrected chi connectivity index (χ0v) is 24.2. The number of phenolic OH excluding ortho intramolecular Hbond substituents is 3. The van der Waals surface area contributed by atoms with Gasteiger partial charge in [-0.2, -0.15) is 5.06 Å². The highest BCUT2D eigenvalue weighted by atomic mass is 16.7. The number of rotatable bonds is 10. The summed E-state index contributed by atoms with van der Waals surface area (Å²) in [7, 11) is 0. The number of hydrogen-bond donors (Lipinski definition) is 4. The zero-order valence-electron chi connectivity index (χ0n) is 24.2. The van der Waals surface area contributed by atoms with Crippen molar-refractivity contribution in [3.63, 3.8) is 0 Å². The topological polar surface area (TPSA) is 177 Å². The highest BCUT2D eigenvalue weighted by molar-refractivity contribution is 5.94. The van der Waals surface area contributed by atoms with Gasteiger partial charge in [-0.25, -0.2) is 4.79 Å². The number of fused-ring (bicyclic) bond motifs is 1. The van der Waals surface area contributed by atoms with E-state index in [1.54, 1.807) is 36.4 Å². The van der Waals surface area contributed by atoms with Crippen molar-refractivity contribution in [1.82, 2.24) is 14.9 Å². The lowest BCUT2D eigenvalue weighted by molar-refractivity contribution is -0.266. The normalized spacial score (nSPS) is 19.7. The van der Waals surface area contributed by atoms with Crippen LogP contribution in [-0.4, -0.2) is 97.2 Å². The third kappa shape index (κ3) is 7.44. The molecule has 13 nitrogen and oxygen atoms in total. The van der Waals surface area contributed by atoms with E-state index in [1.165, 1.54) is 41.3 Å². The summed E-state index contributed by atoms with van der Waals surface area (Å²) in [5, 5.41) is 39.4. The van der Waals surface area contributed by atoms with Crippen molar-refractivity contribution in [3.05, 3.63) is 89.5 Å². The Hall–Kier alpha value is -5.30. The lowest BCUT2D eigenvalue weighted by Crippen LogP contribution is -2.74. The molecule has 45 heavy (non-hydrogen) atoms. The predicted molar refractivity (Wildman–Crippen MR) is 157 cm³/mol. The van der Waals surface area contributed by atoms with Crippen LogP contribution in [0, 0.1) is 0 Å². The second-order valence-electron chi connectivity index (χ2n) is 10.9. The van der Waals surface area contributed by atoms with Gasteiger partial charge in [0, 0.05) is 19.4 Å². The van der Waals surface area contributed by atoms with Crippen molar-refractivity contribution >= 4 is 23.9 Å². The number of carboxylic acids is 1. The third-order valence-electron chi connectivity index (χ3n) is 7.74. The number of hydrogen-bond acceptors (Lipinski definition) is 9. The van der Waals surface area contributed by atoms with Gasteiger partial charge in [-0.1, -0.05) is 36.4 Å². The molecule has 0 aromatic heterocycles. The van der Waals surface area contributed by atoms with E-state index < -0.39 is 48.6 Å². The van der Waals surface area contributed by atoms with E-state index in [0.29, 0.717) is 18.4 Å². The van der Waals surface area contributed by atoms with Crippen LogP contribution >= 0.6 is 0 Å². The summed E-state index contributed by atoms with van der Waals surface area (Å²) in [6, 6.07) is 17.4. The maximum atomic E-state index is 13.8. The number of benzene rings is 3. The van der Waals surface area contributed by atoms with Gasteiger partial charge >= 0.3 is 12.1 Å². The molecule has 2 heterocycles. The average Bonchev–Trinajstić information content (AvgIpc) is 3.01. The number of aromatic hydroxyl groups is 3. The van der Waals surface area contributed by atoms with Crippen LogP contribution in [0.3, 0.4) is 0 Å². The fraction of sp³-hybridized carbons (Fsp3) is 0.312. The Bertz CT molecular complexity index is 1530. The number of carbonyl (C=O) groups excluding carboxylic acids is 3. The van der Waals surface area contributed by atoms with Gasteiger partial charge < -0.3 is 35.0 Å².